The molecule has 2 N–H and O–H groups in total. The first-order valence-corrected chi connectivity index (χ1v) is 7.44. The third kappa shape index (κ3) is 3.18. The fourth-order valence-electron chi connectivity index (χ4n) is 2.75. The molecule has 0 unspecified atom stereocenters. The molecule has 0 fully saturated rings. The van der Waals surface area contributed by atoms with Crippen LogP contribution in [0.15, 0.2) is 36.5 Å². The third-order valence-electron chi connectivity index (χ3n) is 3.86. The van der Waals surface area contributed by atoms with Crippen molar-refractivity contribution in [2.75, 3.05) is 12.4 Å². The van der Waals surface area contributed by atoms with E-state index in [2.05, 4.69) is 21.6 Å². The Hall–Kier alpha value is -2.82. The van der Waals surface area contributed by atoms with Gasteiger partial charge in [-0.3, -0.25) is 9.89 Å². The lowest BCUT2D eigenvalue weighted by Crippen LogP contribution is -2.15. The highest BCUT2D eigenvalue weighted by atomic mass is 16.5. The summed E-state index contributed by atoms with van der Waals surface area (Å²) in [7, 11) is 1.63. The van der Waals surface area contributed by atoms with Crippen molar-refractivity contribution in [2.45, 2.75) is 20.3 Å². The van der Waals surface area contributed by atoms with Gasteiger partial charge in [0.15, 0.2) is 0 Å². The van der Waals surface area contributed by atoms with Crippen molar-refractivity contribution < 1.29 is 9.53 Å². The average molecular weight is 309 g/mol. The van der Waals surface area contributed by atoms with Crippen LogP contribution in [-0.4, -0.2) is 23.2 Å². The molecule has 3 aromatic rings. The number of methoxy groups -OCH3 is 1. The van der Waals surface area contributed by atoms with Crippen molar-refractivity contribution in [3.63, 3.8) is 0 Å². The molecule has 1 aromatic heterocycles. The van der Waals surface area contributed by atoms with E-state index in [9.17, 15) is 4.79 Å². The lowest BCUT2D eigenvalue weighted by Gasteiger charge is -2.13. The number of rotatable bonds is 4. The van der Waals surface area contributed by atoms with E-state index in [1.165, 1.54) is 0 Å². The molecule has 0 aliphatic heterocycles. The lowest BCUT2D eigenvalue weighted by atomic mass is 10.0. The van der Waals surface area contributed by atoms with Crippen molar-refractivity contribution in [3.05, 3.63) is 53.2 Å². The van der Waals surface area contributed by atoms with Crippen LogP contribution in [0.5, 0.6) is 5.75 Å². The fraction of sp³-hybridized carbons (Fsp3) is 0.222. The number of nitrogens with one attached hydrogen (secondary N) is 2. The van der Waals surface area contributed by atoms with Crippen LogP contribution in [0.2, 0.25) is 0 Å². The Morgan fingerprint density at radius 3 is 2.87 bits per heavy atom. The smallest absolute Gasteiger partial charge is 0.228 e. The van der Waals surface area contributed by atoms with Gasteiger partial charge < -0.3 is 10.1 Å². The monoisotopic (exact) mass is 309 g/mol. The minimum atomic E-state index is -0.0749. The number of carbonyl (C=O) groups is 1. The first-order valence-electron chi connectivity index (χ1n) is 7.44. The molecule has 5 nitrogen and oxygen atoms in total. The number of anilines is 1. The summed E-state index contributed by atoms with van der Waals surface area (Å²) in [4.78, 5) is 12.4. The van der Waals surface area contributed by atoms with Crippen LogP contribution >= 0.6 is 0 Å². The molecule has 118 valence electrons. The molecule has 0 atom stereocenters. The van der Waals surface area contributed by atoms with Crippen LogP contribution < -0.4 is 10.1 Å². The van der Waals surface area contributed by atoms with E-state index in [1.54, 1.807) is 13.3 Å². The Balaban J connectivity index is 1.79. The van der Waals surface area contributed by atoms with Gasteiger partial charge in [-0.2, -0.15) is 5.10 Å². The molecule has 0 saturated heterocycles. The Kier molecular flexibility index (Phi) is 4.02. The number of hydrogen-bond acceptors (Lipinski definition) is 3. The largest absolute Gasteiger partial charge is 0.496 e. The topological polar surface area (TPSA) is 67.0 Å². The summed E-state index contributed by atoms with van der Waals surface area (Å²) in [6.45, 7) is 4.01. The number of aromatic amines is 1. The summed E-state index contributed by atoms with van der Waals surface area (Å²) >= 11 is 0. The summed E-state index contributed by atoms with van der Waals surface area (Å²) < 4.78 is 5.41. The van der Waals surface area contributed by atoms with E-state index in [1.807, 2.05) is 38.1 Å². The highest BCUT2D eigenvalue weighted by molar-refractivity contribution is 5.95. The molecular weight excluding hydrogens is 290 g/mol. The second kappa shape index (κ2) is 6.12. The average Bonchev–Trinajstić information content (AvgIpc) is 2.97. The molecule has 0 saturated carbocycles. The number of amides is 1. The maximum Gasteiger partial charge on any atom is 0.228 e. The number of aromatic nitrogens is 2. The zero-order valence-corrected chi connectivity index (χ0v) is 13.4. The molecule has 0 radical (unpaired) electrons. The van der Waals surface area contributed by atoms with Gasteiger partial charge in [-0.05, 0) is 49.2 Å². The molecule has 0 bridgehead atoms. The molecule has 3 rings (SSSR count). The molecule has 1 amide bonds. The van der Waals surface area contributed by atoms with Gasteiger partial charge >= 0.3 is 0 Å². The lowest BCUT2D eigenvalue weighted by molar-refractivity contribution is -0.115. The summed E-state index contributed by atoms with van der Waals surface area (Å²) in [5, 5.41) is 10.8. The number of benzene rings is 2. The van der Waals surface area contributed by atoms with Gasteiger partial charge in [0.2, 0.25) is 5.91 Å². The number of aryl methyl sites for hydroxylation is 2. The van der Waals surface area contributed by atoms with Crippen molar-refractivity contribution in [1.29, 1.82) is 0 Å². The Morgan fingerprint density at radius 1 is 1.26 bits per heavy atom. The first-order chi connectivity index (χ1) is 11.1. The van der Waals surface area contributed by atoms with Crippen LogP contribution in [0.1, 0.15) is 16.7 Å². The van der Waals surface area contributed by atoms with Gasteiger partial charge in [0.1, 0.15) is 5.75 Å². The molecule has 2 aromatic carbocycles. The third-order valence-corrected chi connectivity index (χ3v) is 3.86. The number of nitrogens with zero attached hydrogens (tertiary/aromatic N) is 1. The van der Waals surface area contributed by atoms with Crippen LogP contribution in [-0.2, 0) is 11.2 Å². The predicted molar refractivity (Wildman–Crippen MR) is 90.9 cm³/mol. The van der Waals surface area contributed by atoms with Crippen LogP contribution in [0, 0.1) is 13.8 Å². The summed E-state index contributed by atoms with van der Waals surface area (Å²) in [6, 6.07) is 9.68. The fourth-order valence-corrected chi connectivity index (χ4v) is 2.75. The van der Waals surface area contributed by atoms with E-state index < -0.39 is 0 Å². The van der Waals surface area contributed by atoms with Crippen LogP contribution in [0.25, 0.3) is 10.9 Å². The highest BCUT2D eigenvalue weighted by Crippen LogP contribution is 2.25. The number of H-pyrrole nitrogens is 1. The van der Waals surface area contributed by atoms with E-state index in [4.69, 9.17) is 4.74 Å². The van der Waals surface area contributed by atoms with Crippen LogP contribution in [0.3, 0.4) is 0 Å². The molecule has 1 heterocycles. The summed E-state index contributed by atoms with van der Waals surface area (Å²) in [5.41, 5.74) is 4.73. The van der Waals surface area contributed by atoms with Gasteiger partial charge in [0.05, 0.1) is 25.2 Å². The number of fused-ring (bicyclic) bond motifs is 1. The van der Waals surface area contributed by atoms with Gasteiger partial charge in [0, 0.05) is 16.6 Å². The Bertz CT molecular complexity index is 868. The van der Waals surface area contributed by atoms with Gasteiger partial charge in [-0.15, -0.1) is 0 Å². The van der Waals surface area contributed by atoms with E-state index in [-0.39, 0.29) is 12.3 Å². The molecule has 5 heteroatoms. The van der Waals surface area contributed by atoms with Crippen molar-refractivity contribution in [3.8, 4) is 5.75 Å². The molecule has 0 aliphatic rings. The van der Waals surface area contributed by atoms with Crippen molar-refractivity contribution >= 4 is 22.5 Å². The van der Waals surface area contributed by atoms with E-state index in [0.717, 1.165) is 39.0 Å². The maximum atomic E-state index is 12.4. The minimum Gasteiger partial charge on any atom is -0.496 e. The minimum absolute atomic E-state index is 0.0749. The molecule has 0 spiro atoms. The second-order valence-electron chi connectivity index (χ2n) is 5.66. The van der Waals surface area contributed by atoms with Crippen LogP contribution in [0.4, 0.5) is 5.69 Å². The first kappa shape index (κ1) is 15.1. The zero-order chi connectivity index (χ0) is 16.4. The standard InChI is InChI=1S/C18H19N3O2/c1-11-6-12(2)15(17(7-11)23-3)9-18(22)20-14-5-4-13-10-19-21-16(13)8-14/h4-8,10H,9H2,1-3H3,(H,19,21)(H,20,22). The van der Waals surface area contributed by atoms with E-state index >= 15 is 0 Å². The van der Waals surface area contributed by atoms with Crippen molar-refractivity contribution in [1.82, 2.24) is 10.2 Å². The second-order valence-corrected chi connectivity index (χ2v) is 5.66. The number of ether oxygens (including phenoxy) is 1. The molecule has 0 aliphatic carbocycles. The normalized spacial score (nSPS) is 10.7. The maximum absolute atomic E-state index is 12.4. The Morgan fingerprint density at radius 2 is 2.09 bits per heavy atom. The summed E-state index contributed by atoms with van der Waals surface area (Å²) in [5.74, 6) is 0.677. The van der Waals surface area contributed by atoms with Crippen molar-refractivity contribution in [2.24, 2.45) is 0 Å². The highest BCUT2D eigenvalue weighted by Gasteiger charge is 2.13. The van der Waals surface area contributed by atoms with E-state index in [0.29, 0.717) is 0 Å². The SMILES string of the molecule is COc1cc(C)cc(C)c1CC(=O)Nc1ccc2cn[nH]c2c1. The molecule has 23 heavy (non-hydrogen) atoms. The number of hydrogen-bond donors (Lipinski definition) is 2. The molecular formula is C18H19N3O2. The quantitative estimate of drug-likeness (QED) is 0.776. The zero-order valence-electron chi connectivity index (χ0n) is 13.4. The predicted octanol–water partition coefficient (Wildman–Crippen LogP) is 3.37. The van der Waals surface area contributed by atoms with Gasteiger partial charge in [0.25, 0.3) is 0 Å². The number of carbonyl (C=O) groups excluding carboxylic acids is 1. The Labute approximate surface area is 134 Å². The summed E-state index contributed by atoms with van der Waals surface area (Å²) in [6.07, 6.45) is 2.03. The van der Waals surface area contributed by atoms with Gasteiger partial charge in [-0.25, -0.2) is 0 Å². The van der Waals surface area contributed by atoms with Gasteiger partial charge in [-0.1, -0.05) is 6.07 Å².